The van der Waals surface area contributed by atoms with E-state index in [1.54, 1.807) is 18.2 Å². The molecule has 6 heteroatoms. The minimum Gasteiger partial charge on any atom is -0.324 e. The molecule has 1 aromatic heterocycles. The van der Waals surface area contributed by atoms with E-state index in [9.17, 15) is 9.59 Å². The average Bonchev–Trinajstić information content (AvgIpc) is 2.64. The Morgan fingerprint density at radius 2 is 1.95 bits per heavy atom. The summed E-state index contributed by atoms with van der Waals surface area (Å²) in [6.45, 7) is 0.337. The fourth-order valence-electron chi connectivity index (χ4n) is 2.24. The number of hydrogen-bond donors (Lipinski definition) is 1. The first-order chi connectivity index (χ1) is 10.1. The van der Waals surface area contributed by atoms with Gasteiger partial charge < -0.3 is 10.2 Å². The summed E-state index contributed by atoms with van der Waals surface area (Å²) in [5, 5.41) is 3.04. The van der Waals surface area contributed by atoms with Crippen LogP contribution in [0.25, 0.3) is 0 Å². The second-order valence-electron chi connectivity index (χ2n) is 4.71. The highest BCUT2D eigenvalue weighted by Crippen LogP contribution is 2.21. The molecule has 0 spiro atoms. The molecule has 0 radical (unpaired) electrons. The number of carbonyl (C=O) groups excluding carboxylic acids is 2. The van der Waals surface area contributed by atoms with Gasteiger partial charge in [0.1, 0.15) is 17.4 Å². The summed E-state index contributed by atoms with van der Waals surface area (Å²) < 4.78 is 0. The molecule has 21 heavy (non-hydrogen) atoms. The molecule has 2 heterocycles. The van der Waals surface area contributed by atoms with Crippen LogP contribution in [0.3, 0.4) is 0 Å². The number of amides is 2. The number of hydrogen-bond acceptors (Lipinski definition) is 3. The van der Waals surface area contributed by atoms with Crippen molar-refractivity contribution in [3.05, 3.63) is 58.9 Å². The lowest BCUT2D eigenvalue weighted by molar-refractivity contribution is -0.116. The van der Waals surface area contributed by atoms with Crippen molar-refractivity contribution in [3.8, 4) is 0 Å². The van der Waals surface area contributed by atoms with Gasteiger partial charge in [0, 0.05) is 12.2 Å². The monoisotopic (exact) mass is 301 g/mol. The van der Waals surface area contributed by atoms with Crippen molar-refractivity contribution in [2.75, 3.05) is 11.9 Å². The molecule has 0 fully saturated rings. The molecule has 0 unspecified atom stereocenters. The van der Waals surface area contributed by atoms with Crippen LogP contribution in [0.4, 0.5) is 5.69 Å². The maximum Gasteiger partial charge on any atom is 0.273 e. The third-order valence-electron chi connectivity index (χ3n) is 3.21. The van der Waals surface area contributed by atoms with Crippen molar-refractivity contribution >= 4 is 29.1 Å². The normalized spacial score (nSPS) is 14.1. The maximum atomic E-state index is 12.5. The maximum absolute atomic E-state index is 12.5. The first-order valence-corrected chi connectivity index (χ1v) is 6.81. The molecule has 0 bridgehead atoms. The number of benzene rings is 1. The molecule has 1 N–H and O–H groups in total. The molecule has 0 aliphatic carbocycles. The lowest BCUT2D eigenvalue weighted by Gasteiger charge is -2.19. The summed E-state index contributed by atoms with van der Waals surface area (Å²) in [5.41, 5.74) is 1.85. The zero-order valence-electron chi connectivity index (χ0n) is 11.0. The Bertz CT molecular complexity index is 718. The first-order valence-electron chi connectivity index (χ1n) is 6.43. The topological polar surface area (TPSA) is 62.3 Å². The highest BCUT2D eigenvalue weighted by molar-refractivity contribution is 6.29. The molecule has 106 valence electrons. The van der Waals surface area contributed by atoms with Crippen molar-refractivity contribution in [3.63, 3.8) is 0 Å². The van der Waals surface area contributed by atoms with Gasteiger partial charge in [0.2, 0.25) is 5.91 Å². The number of anilines is 1. The third-order valence-corrected chi connectivity index (χ3v) is 3.42. The van der Waals surface area contributed by atoms with Crippen LogP contribution in [0, 0.1) is 0 Å². The van der Waals surface area contributed by atoms with E-state index in [1.807, 2.05) is 24.3 Å². The van der Waals surface area contributed by atoms with Crippen LogP contribution in [-0.4, -0.2) is 28.2 Å². The number of para-hydroxylation sites is 1. The summed E-state index contributed by atoms with van der Waals surface area (Å²) in [5.74, 6) is -0.542. The molecule has 2 amide bonds. The molecule has 1 aliphatic heterocycles. The summed E-state index contributed by atoms with van der Waals surface area (Å²) in [6, 6.07) is 12.3. The lowest BCUT2D eigenvalue weighted by Crippen LogP contribution is -2.35. The van der Waals surface area contributed by atoms with Crippen LogP contribution >= 0.6 is 11.6 Å². The number of halogens is 1. The van der Waals surface area contributed by atoms with Crippen molar-refractivity contribution in [1.82, 2.24) is 9.88 Å². The highest BCUT2D eigenvalue weighted by atomic mass is 35.5. The Hall–Kier alpha value is -2.40. The van der Waals surface area contributed by atoms with Gasteiger partial charge in [-0.05, 0) is 23.8 Å². The Morgan fingerprint density at radius 1 is 1.14 bits per heavy atom. The zero-order valence-corrected chi connectivity index (χ0v) is 11.8. The number of nitrogens with one attached hydrogen (secondary N) is 1. The number of carbonyl (C=O) groups is 2. The molecule has 1 aliphatic rings. The molecular weight excluding hydrogens is 290 g/mol. The predicted octanol–water partition coefficient (Wildman–Crippen LogP) is 2.33. The highest BCUT2D eigenvalue weighted by Gasteiger charge is 2.24. The molecule has 5 nitrogen and oxygen atoms in total. The van der Waals surface area contributed by atoms with E-state index in [2.05, 4.69) is 10.3 Å². The summed E-state index contributed by atoms with van der Waals surface area (Å²) >= 11 is 5.81. The predicted molar refractivity (Wildman–Crippen MR) is 79.1 cm³/mol. The molecule has 0 saturated heterocycles. The van der Waals surface area contributed by atoms with Crippen LogP contribution in [0.1, 0.15) is 16.1 Å². The molecule has 0 atom stereocenters. The number of aromatic nitrogens is 1. The van der Waals surface area contributed by atoms with Gasteiger partial charge in [0.25, 0.3) is 5.91 Å². The minimum absolute atomic E-state index is 0.0122. The second kappa shape index (κ2) is 5.54. The number of pyridine rings is 1. The van der Waals surface area contributed by atoms with Gasteiger partial charge in [-0.3, -0.25) is 9.59 Å². The standard InChI is InChI=1S/C15H12ClN3O2/c16-13-7-3-6-12(17-13)15(21)19-8-10-4-1-2-5-11(10)18-14(20)9-19/h1-7H,8-9H2,(H,18,20). The van der Waals surface area contributed by atoms with Crippen LogP contribution < -0.4 is 5.32 Å². The summed E-state index contributed by atoms with van der Waals surface area (Å²) in [7, 11) is 0. The minimum atomic E-state index is -0.315. The van der Waals surface area contributed by atoms with E-state index in [0.717, 1.165) is 11.3 Å². The van der Waals surface area contributed by atoms with Gasteiger partial charge in [-0.25, -0.2) is 4.98 Å². The largest absolute Gasteiger partial charge is 0.324 e. The zero-order chi connectivity index (χ0) is 14.8. The second-order valence-corrected chi connectivity index (χ2v) is 5.10. The van der Waals surface area contributed by atoms with E-state index in [-0.39, 0.29) is 29.2 Å². The fourth-order valence-corrected chi connectivity index (χ4v) is 2.40. The molecule has 0 saturated carbocycles. The Balaban J connectivity index is 1.92. The van der Waals surface area contributed by atoms with Gasteiger partial charge in [-0.2, -0.15) is 0 Å². The Labute approximate surface area is 126 Å². The van der Waals surface area contributed by atoms with Gasteiger partial charge >= 0.3 is 0 Å². The molecule has 2 aromatic rings. The lowest BCUT2D eigenvalue weighted by atomic mass is 10.1. The fraction of sp³-hybridized carbons (Fsp3) is 0.133. The van der Waals surface area contributed by atoms with Crippen molar-refractivity contribution in [1.29, 1.82) is 0 Å². The first kappa shape index (κ1) is 13.6. The number of fused-ring (bicyclic) bond motifs is 1. The molecular formula is C15H12ClN3O2. The Kier molecular flexibility index (Phi) is 3.58. The van der Waals surface area contributed by atoms with Gasteiger partial charge in [0.05, 0.1) is 0 Å². The van der Waals surface area contributed by atoms with Gasteiger partial charge in [-0.15, -0.1) is 0 Å². The van der Waals surface area contributed by atoms with E-state index in [4.69, 9.17) is 11.6 Å². The quantitative estimate of drug-likeness (QED) is 0.822. The SMILES string of the molecule is O=C1CN(C(=O)c2cccc(Cl)n2)Cc2ccccc2N1. The molecule has 1 aromatic carbocycles. The number of nitrogens with zero attached hydrogens (tertiary/aromatic N) is 2. The summed E-state index contributed by atoms with van der Waals surface area (Å²) in [6.07, 6.45) is 0. The van der Waals surface area contributed by atoms with E-state index in [1.165, 1.54) is 4.90 Å². The van der Waals surface area contributed by atoms with Crippen LogP contribution in [0.5, 0.6) is 0 Å². The third kappa shape index (κ3) is 2.87. The number of rotatable bonds is 1. The van der Waals surface area contributed by atoms with Crippen LogP contribution in [0.2, 0.25) is 5.15 Å². The summed E-state index contributed by atoms with van der Waals surface area (Å²) in [4.78, 5) is 29.9. The van der Waals surface area contributed by atoms with Crippen LogP contribution in [0.15, 0.2) is 42.5 Å². The molecule has 3 rings (SSSR count). The smallest absolute Gasteiger partial charge is 0.273 e. The van der Waals surface area contributed by atoms with E-state index < -0.39 is 0 Å². The van der Waals surface area contributed by atoms with Gasteiger partial charge in [0.15, 0.2) is 0 Å². The average molecular weight is 302 g/mol. The Morgan fingerprint density at radius 3 is 2.76 bits per heavy atom. The van der Waals surface area contributed by atoms with Gasteiger partial charge in [-0.1, -0.05) is 35.9 Å². The van der Waals surface area contributed by atoms with Crippen molar-refractivity contribution < 1.29 is 9.59 Å². The van der Waals surface area contributed by atoms with Crippen molar-refractivity contribution in [2.45, 2.75) is 6.54 Å². The van der Waals surface area contributed by atoms with Crippen LogP contribution in [-0.2, 0) is 11.3 Å². The van der Waals surface area contributed by atoms with E-state index >= 15 is 0 Å². The van der Waals surface area contributed by atoms with E-state index in [0.29, 0.717) is 6.54 Å². The van der Waals surface area contributed by atoms with Crippen molar-refractivity contribution in [2.24, 2.45) is 0 Å².